The van der Waals surface area contributed by atoms with Crippen LogP contribution in [0.4, 0.5) is 5.69 Å². The zero-order valence-electron chi connectivity index (χ0n) is 13.1. The van der Waals surface area contributed by atoms with Gasteiger partial charge < -0.3 is 16.0 Å². The molecule has 0 saturated carbocycles. The summed E-state index contributed by atoms with van der Waals surface area (Å²) in [4.78, 5) is 14.0. The van der Waals surface area contributed by atoms with Gasteiger partial charge in [0.15, 0.2) is 0 Å². The zero-order valence-corrected chi connectivity index (χ0v) is 13.1. The maximum absolute atomic E-state index is 11.8. The number of carbonyl (C=O) groups is 1. The van der Waals surface area contributed by atoms with Gasteiger partial charge in [0.25, 0.3) is 0 Å². The number of hydrogen-bond acceptors (Lipinski definition) is 3. The number of aryl methyl sites for hydroxylation is 1. The van der Waals surface area contributed by atoms with Crippen molar-refractivity contribution in [2.75, 3.05) is 24.5 Å². The zero-order chi connectivity index (χ0) is 15.2. The lowest BCUT2D eigenvalue weighted by atomic mass is 10.00. The van der Waals surface area contributed by atoms with E-state index in [1.807, 2.05) is 6.92 Å². The number of carbonyl (C=O) groups excluding carboxylic acids is 1. The number of anilines is 1. The summed E-state index contributed by atoms with van der Waals surface area (Å²) >= 11 is 0. The first kappa shape index (κ1) is 16.5. The van der Waals surface area contributed by atoms with Crippen LogP contribution in [-0.2, 0) is 4.79 Å². The summed E-state index contributed by atoms with van der Waals surface area (Å²) in [5, 5.41) is 3.27. The molecule has 1 amide bonds. The van der Waals surface area contributed by atoms with Crippen molar-refractivity contribution >= 4 is 11.6 Å². The van der Waals surface area contributed by atoms with Gasteiger partial charge in [-0.3, -0.25) is 4.79 Å². The van der Waals surface area contributed by atoms with Crippen molar-refractivity contribution in [2.45, 2.75) is 39.7 Å². The molecule has 4 nitrogen and oxygen atoms in total. The van der Waals surface area contributed by atoms with Crippen LogP contribution >= 0.6 is 0 Å². The normalized spacial score (nSPS) is 13.8. The smallest absolute Gasteiger partial charge is 0.239 e. The third-order valence-electron chi connectivity index (χ3n) is 3.60. The Morgan fingerprint density at radius 3 is 2.35 bits per heavy atom. The van der Waals surface area contributed by atoms with Gasteiger partial charge in [-0.15, -0.1) is 0 Å². The standard InChI is InChI=1S/C16H27N3O/c1-5-11-18-16(4,15(17)20)12-19(6-2)14-9-7-13(3)8-10-14/h7-10,18H,5-6,11-12H2,1-4H3,(H2,17,20). The molecule has 1 atom stereocenters. The van der Waals surface area contributed by atoms with E-state index in [-0.39, 0.29) is 5.91 Å². The van der Waals surface area contributed by atoms with E-state index in [1.165, 1.54) is 5.56 Å². The average Bonchev–Trinajstić information content (AvgIpc) is 2.43. The lowest BCUT2D eigenvalue weighted by Gasteiger charge is -2.35. The SMILES string of the molecule is CCCNC(C)(CN(CC)c1ccc(C)cc1)C(N)=O. The van der Waals surface area contributed by atoms with Crippen molar-refractivity contribution in [2.24, 2.45) is 5.73 Å². The number of nitrogens with zero attached hydrogens (tertiary/aromatic N) is 1. The van der Waals surface area contributed by atoms with E-state index in [1.54, 1.807) is 0 Å². The third kappa shape index (κ3) is 4.23. The van der Waals surface area contributed by atoms with E-state index >= 15 is 0 Å². The average molecular weight is 277 g/mol. The molecule has 0 spiro atoms. The van der Waals surface area contributed by atoms with Crippen LogP contribution < -0.4 is 16.0 Å². The molecule has 20 heavy (non-hydrogen) atoms. The molecule has 3 N–H and O–H groups in total. The molecular formula is C16H27N3O. The predicted molar refractivity (Wildman–Crippen MR) is 85.0 cm³/mol. The van der Waals surface area contributed by atoms with Gasteiger partial charge in [-0.2, -0.15) is 0 Å². The summed E-state index contributed by atoms with van der Waals surface area (Å²) in [6.45, 7) is 10.3. The maximum Gasteiger partial charge on any atom is 0.239 e. The topological polar surface area (TPSA) is 58.4 Å². The molecule has 1 aromatic rings. The van der Waals surface area contributed by atoms with Gasteiger partial charge in [0.1, 0.15) is 5.54 Å². The van der Waals surface area contributed by atoms with Crippen molar-refractivity contribution in [1.82, 2.24) is 5.32 Å². The van der Waals surface area contributed by atoms with Gasteiger partial charge in [-0.25, -0.2) is 0 Å². The van der Waals surface area contributed by atoms with E-state index in [4.69, 9.17) is 5.73 Å². The second-order valence-corrected chi connectivity index (χ2v) is 5.47. The fourth-order valence-corrected chi connectivity index (χ4v) is 2.14. The molecule has 0 aromatic heterocycles. The largest absolute Gasteiger partial charge is 0.369 e. The Bertz CT molecular complexity index is 430. The van der Waals surface area contributed by atoms with E-state index < -0.39 is 5.54 Å². The van der Waals surface area contributed by atoms with Crippen LogP contribution in [0.5, 0.6) is 0 Å². The first-order valence-corrected chi connectivity index (χ1v) is 7.29. The molecule has 0 fully saturated rings. The van der Waals surface area contributed by atoms with Crippen molar-refractivity contribution in [1.29, 1.82) is 0 Å². The van der Waals surface area contributed by atoms with E-state index in [0.717, 1.165) is 25.2 Å². The number of hydrogen-bond donors (Lipinski definition) is 2. The molecule has 0 aliphatic rings. The number of nitrogens with two attached hydrogens (primary N) is 1. The minimum Gasteiger partial charge on any atom is -0.369 e. The second kappa shape index (κ2) is 7.29. The van der Waals surface area contributed by atoms with Crippen LogP contribution in [0.15, 0.2) is 24.3 Å². The highest BCUT2D eigenvalue weighted by Crippen LogP contribution is 2.18. The summed E-state index contributed by atoms with van der Waals surface area (Å²) < 4.78 is 0. The lowest BCUT2D eigenvalue weighted by Crippen LogP contribution is -2.59. The van der Waals surface area contributed by atoms with E-state index in [9.17, 15) is 4.79 Å². The molecule has 4 heteroatoms. The van der Waals surface area contributed by atoms with Gasteiger partial charge in [-0.1, -0.05) is 24.6 Å². The monoisotopic (exact) mass is 277 g/mol. The van der Waals surface area contributed by atoms with Crippen molar-refractivity contribution < 1.29 is 4.79 Å². The Morgan fingerprint density at radius 1 is 1.30 bits per heavy atom. The molecule has 1 aromatic carbocycles. The van der Waals surface area contributed by atoms with Gasteiger partial charge in [0, 0.05) is 18.8 Å². The van der Waals surface area contributed by atoms with Gasteiger partial charge in [0.2, 0.25) is 5.91 Å². The Labute approximate surface area is 122 Å². The minimum atomic E-state index is -0.711. The van der Waals surface area contributed by atoms with Crippen molar-refractivity contribution in [3.05, 3.63) is 29.8 Å². The molecule has 0 aliphatic heterocycles. The molecule has 112 valence electrons. The summed E-state index contributed by atoms with van der Waals surface area (Å²) in [7, 11) is 0. The number of amides is 1. The van der Waals surface area contributed by atoms with Gasteiger partial charge in [-0.05, 0) is 45.9 Å². The maximum atomic E-state index is 11.8. The Balaban J connectivity index is 2.88. The lowest BCUT2D eigenvalue weighted by molar-refractivity contribution is -0.123. The minimum absolute atomic E-state index is 0.309. The number of nitrogens with one attached hydrogen (secondary N) is 1. The van der Waals surface area contributed by atoms with Crippen LogP contribution in [0, 0.1) is 6.92 Å². The van der Waals surface area contributed by atoms with Gasteiger partial charge in [0.05, 0.1) is 0 Å². The van der Waals surface area contributed by atoms with Crippen molar-refractivity contribution in [3.8, 4) is 0 Å². The first-order chi connectivity index (χ1) is 9.42. The van der Waals surface area contributed by atoms with Crippen LogP contribution in [0.1, 0.15) is 32.8 Å². The molecule has 0 radical (unpaired) electrons. The van der Waals surface area contributed by atoms with E-state index in [0.29, 0.717) is 6.54 Å². The van der Waals surface area contributed by atoms with Crippen LogP contribution in [-0.4, -0.2) is 31.1 Å². The number of primary amides is 1. The highest BCUT2D eigenvalue weighted by molar-refractivity contribution is 5.85. The number of rotatable bonds is 8. The highest BCUT2D eigenvalue weighted by atomic mass is 16.1. The number of likely N-dealkylation sites (N-methyl/N-ethyl adjacent to an activating group) is 1. The first-order valence-electron chi connectivity index (χ1n) is 7.29. The third-order valence-corrected chi connectivity index (χ3v) is 3.60. The van der Waals surface area contributed by atoms with Crippen LogP contribution in [0.25, 0.3) is 0 Å². The predicted octanol–water partition coefficient (Wildman–Crippen LogP) is 2.06. The quantitative estimate of drug-likeness (QED) is 0.765. The molecule has 0 saturated heterocycles. The molecular weight excluding hydrogens is 250 g/mol. The summed E-state index contributed by atoms with van der Waals surface area (Å²) in [6, 6.07) is 8.33. The van der Waals surface area contributed by atoms with E-state index in [2.05, 4.69) is 55.3 Å². The van der Waals surface area contributed by atoms with Crippen LogP contribution in [0.2, 0.25) is 0 Å². The Hall–Kier alpha value is -1.55. The summed E-state index contributed by atoms with van der Waals surface area (Å²) in [5.41, 5.74) is 7.22. The molecule has 0 heterocycles. The highest BCUT2D eigenvalue weighted by Gasteiger charge is 2.32. The van der Waals surface area contributed by atoms with Crippen LogP contribution in [0.3, 0.4) is 0 Å². The Morgan fingerprint density at radius 2 is 1.90 bits per heavy atom. The molecule has 1 rings (SSSR count). The molecule has 0 bridgehead atoms. The second-order valence-electron chi connectivity index (χ2n) is 5.47. The molecule has 0 aliphatic carbocycles. The summed E-state index contributed by atoms with van der Waals surface area (Å²) in [5.74, 6) is -0.309. The fraction of sp³-hybridized carbons (Fsp3) is 0.562. The molecule has 1 unspecified atom stereocenters. The summed E-state index contributed by atoms with van der Waals surface area (Å²) in [6.07, 6.45) is 0.972. The van der Waals surface area contributed by atoms with Gasteiger partial charge >= 0.3 is 0 Å². The fourth-order valence-electron chi connectivity index (χ4n) is 2.14. The van der Waals surface area contributed by atoms with Crippen molar-refractivity contribution in [3.63, 3.8) is 0 Å². The number of benzene rings is 1. The Kier molecular flexibility index (Phi) is 6.02.